The van der Waals surface area contributed by atoms with Gasteiger partial charge >= 0.3 is 0 Å². The van der Waals surface area contributed by atoms with Crippen molar-refractivity contribution in [3.63, 3.8) is 0 Å². The quantitative estimate of drug-likeness (QED) is 0.667. The number of primary amides is 1. The van der Waals surface area contributed by atoms with E-state index in [0.717, 1.165) is 4.47 Å². The number of carbonyl (C=O) groups is 1. The lowest BCUT2D eigenvalue weighted by molar-refractivity contribution is -0.111. The Labute approximate surface area is 123 Å². The summed E-state index contributed by atoms with van der Waals surface area (Å²) in [6, 6.07) is 10.4. The highest BCUT2D eigenvalue weighted by Gasteiger charge is 2.14. The van der Waals surface area contributed by atoms with Crippen LogP contribution in [-0.4, -0.2) is 11.6 Å². The van der Waals surface area contributed by atoms with Crippen molar-refractivity contribution in [2.45, 2.75) is 0 Å². The van der Waals surface area contributed by atoms with Crippen molar-refractivity contribution in [1.29, 1.82) is 0 Å². The highest BCUT2D eigenvalue weighted by atomic mass is 79.9. The van der Waals surface area contributed by atoms with E-state index in [9.17, 15) is 9.18 Å². The van der Waals surface area contributed by atoms with E-state index in [1.165, 1.54) is 24.3 Å². The molecule has 0 aromatic heterocycles. The number of nitrogens with two attached hydrogens (primary N) is 2. The molecule has 4 nitrogen and oxygen atoms in total. The zero-order chi connectivity index (χ0) is 14.7. The highest BCUT2D eigenvalue weighted by Crippen LogP contribution is 2.21. The Morgan fingerprint density at radius 3 is 2.35 bits per heavy atom. The van der Waals surface area contributed by atoms with Crippen molar-refractivity contribution in [3.05, 3.63) is 58.3 Å². The summed E-state index contributed by atoms with van der Waals surface area (Å²) in [4.78, 5) is 15.7. The molecule has 0 spiro atoms. The molecular formula is C14H11BrFN3O. The van der Waals surface area contributed by atoms with Crippen LogP contribution in [0.25, 0.3) is 0 Å². The first kappa shape index (κ1) is 14.2. The first-order valence-corrected chi connectivity index (χ1v) is 6.46. The molecule has 4 N–H and O–H groups in total. The van der Waals surface area contributed by atoms with Crippen molar-refractivity contribution in [3.8, 4) is 0 Å². The maximum atomic E-state index is 12.8. The van der Waals surface area contributed by atoms with E-state index in [2.05, 4.69) is 20.9 Å². The molecule has 0 saturated carbocycles. The standard InChI is InChI=1S/C14H11BrFN3O/c15-8-1-6-11(12(17)7-8)13(14(18)20)19-10-4-2-9(16)3-5-10/h1-7H,17H2,(H2,18,20). The number of amides is 1. The second-order valence-corrected chi connectivity index (χ2v) is 4.95. The van der Waals surface area contributed by atoms with Crippen molar-refractivity contribution in [1.82, 2.24) is 0 Å². The molecule has 102 valence electrons. The summed E-state index contributed by atoms with van der Waals surface area (Å²) in [5.74, 6) is -1.09. The van der Waals surface area contributed by atoms with Crippen LogP contribution < -0.4 is 11.5 Å². The summed E-state index contributed by atoms with van der Waals surface area (Å²) in [5.41, 5.74) is 12.5. The second-order valence-electron chi connectivity index (χ2n) is 4.03. The first-order chi connectivity index (χ1) is 9.47. The molecule has 0 aliphatic carbocycles. The van der Waals surface area contributed by atoms with Gasteiger partial charge in [0.15, 0.2) is 0 Å². The summed E-state index contributed by atoms with van der Waals surface area (Å²) >= 11 is 3.28. The maximum Gasteiger partial charge on any atom is 0.268 e. The zero-order valence-corrected chi connectivity index (χ0v) is 11.9. The van der Waals surface area contributed by atoms with Gasteiger partial charge in [0.05, 0.1) is 5.69 Å². The van der Waals surface area contributed by atoms with Crippen LogP contribution in [0.15, 0.2) is 51.9 Å². The van der Waals surface area contributed by atoms with Gasteiger partial charge in [-0.2, -0.15) is 0 Å². The summed E-state index contributed by atoms with van der Waals surface area (Å²) in [7, 11) is 0. The molecular weight excluding hydrogens is 325 g/mol. The van der Waals surface area contributed by atoms with Crippen molar-refractivity contribution >= 4 is 38.9 Å². The number of benzene rings is 2. The zero-order valence-electron chi connectivity index (χ0n) is 10.3. The third kappa shape index (κ3) is 3.21. The summed E-state index contributed by atoms with van der Waals surface area (Å²) in [6.45, 7) is 0. The number of nitrogen functional groups attached to an aromatic ring is 1. The molecule has 20 heavy (non-hydrogen) atoms. The molecule has 1 amide bonds. The fraction of sp³-hybridized carbons (Fsp3) is 0. The number of nitrogens with zero attached hydrogens (tertiary/aromatic N) is 1. The van der Waals surface area contributed by atoms with Crippen LogP contribution in [0.3, 0.4) is 0 Å². The van der Waals surface area contributed by atoms with Gasteiger partial charge in [0, 0.05) is 15.7 Å². The molecule has 2 aromatic carbocycles. The average molecular weight is 336 g/mol. The lowest BCUT2D eigenvalue weighted by atomic mass is 10.1. The number of aliphatic imine (C=N–C) groups is 1. The molecule has 0 fully saturated rings. The van der Waals surface area contributed by atoms with Crippen LogP contribution in [0, 0.1) is 5.82 Å². The van der Waals surface area contributed by atoms with Gasteiger partial charge in [-0.05, 0) is 42.5 Å². The highest BCUT2D eigenvalue weighted by molar-refractivity contribution is 9.10. The Balaban J connectivity index is 2.51. The van der Waals surface area contributed by atoms with Gasteiger partial charge < -0.3 is 11.5 Å². The topological polar surface area (TPSA) is 81.5 Å². The van der Waals surface area contributed by atoms with Crippen LogP contribution in [0.2, 0.25) is 0 Å². The predicted octanol–water partition coefficient (Wildman–Crippen LogP) is 2.78. The lowest BCUT2D eigenvalue weighted by Gasteiger charge is -2.07. The van der Waals surface area contributed by atoms with Crippen LogP contribution in [0.5, 0.6) is 0 Å². The Morgan fingerprint density at radius 1 is 1.15 bits per heavy atom. The van der Waals surface area contributed by atoms with Gasteiger partial charge in [0.2, 0.25) is 0 Å². The van der Waals surface area contributed by atoms with E-state index < -0.39 is 5.91 Å². The molecule has 6 heteroatoms. The molecule has 0 bridgehead atoms. The number of carbonyl (C=O) groups excluding carboxylic acids is 1. The largest absolute Gasteiger partial charge is 0.398 e. The predicted molar refractivity (Wildman–Crippen MR) is 80.3 cm³/mol. The summed E-state index contributed by atoms with van der Waals surface area (Å²) in [6.07, 6.45) is 0. The average Bonchev–Trinajstić information content (AvgIpc) is 2.39. The van der Waals surface area contributed by atoms with Gasteiger partial charge in [-0.25, -0.2) is 9.38 Å². The van der Waals surface area contributed by atoms with Crippen molar-refractivity contribution < 1.29 is 9.18 Å². The van der Waals surface area contributed by atoms with Crippen molar-refractivity contribution in [2.75, 3.05) is 5.73 Å². The number of hydrogen-bond donors (Lipinski definition) is 2. The number of anilines is 1. The SMILES string of the molecule is NC(=O)C(=Nc1ccc(F)cc1)c1ccc(Br)cc1N. The molecule has 0 radical (unpaired) electrons. The number of hydrogen-bond acceptors (Lipinski definition) is 3. The second kappa shape index (κ2) is 5.83. The fourth-order valence-electron chi connectivity index (χ4n) is 1.64. The summed E-state index contributed by atoms with van der Waals surface area (Å²) < 4.78 is 13.6. The molecule has 0 unspecified atom stereocenters. The first-order valence-electron chi connectivity index (χ1n) is 5.67. The molecule has 0 aliphatic rings. The third-order valence-corrected chi connectivity index (χ3v) is 3.06. The van der Waals surface area contributed by atoms with E-state index in [1.807, 2.05) is 0 Å². The van der Waals surface area contributed by atoms with Crippen molar-refractivity contribution in [2.24, 2.45) is 10.7 Å². The molecule has 2 aromatic rings. The number of halogens is 2. The van der Waals surface area contributed by atoms with Crippen LogP contribution >= 0.6 is 15.9 Å². The Morgan fingerprint density at radius 2 is 1.80 bits per heavy atom. The van der Waals surface area contributed by atoms with E-state index in [1.54, 1.807) is 18.2 Å². The van der Waals surface area contributed by atoms with E-state index in [-0.39, 0.29) is 11.5 Å². The minimum Gasteiger partial charge on any atom is -0.398 e. The fourth-order valence-corrected chi connectivity index (χ4v) is 2.02. The van der Waals surface area contributed by atoms with Crippen LogP contribution in [-0.2, 0) is 4.79 Å². The van der Waals surface area contributed by atoms with E-state index in [4.69, 9.17) is 11.5 Å². The molecule has 2 rings (SSSR count). The molecule has 0 heterocycles. The Bertz CT molecular complexity index is 683. The normalized spacial score (nSPS) is 11.4. The Hall–Kier alpha value is -2.21. The van der Waals surface area contributed by atoms with Crippen LogP contribution in [0.4, 0.5) is 15.8 Å². The monoisotopic (exact) mass is 335 g/mol. The maximum absolute atomic E-state index is 12.8. The van der Waals surface area contributed by atoms with E-state index in [0.29, 0.717) is 16.9 Å². The lowest BCUT2D eigenvalue weighted by Crippen LogP contribution is -2.25. The summed E-state index contributed by atoms with van der Waals surface area (Å²) in [5, 5.41) is 0. The minimum atomic E-state index is -0.705. The third-order valence-electron chi connectivity index (χ3n) is 2.57. The molecule has 0 atom stereocenters. The molecule has 0 aliphatic heterocycles. The van der Waals surface area contributed by atoms with Crippen LogP contribution in [0.1, 0.15) is 5.56 Å². The molecule has 0 saturated heterocycles. The van der Waals surface area contributed by atoms with Gasteiger partial charge in [0.25, 0.3) is 5.91 Å². The number of rotatable bonds is 3. The van der Waals surface area contributed by atoms with Gasteiger partial charge in [-0.15, -0.1) is 0 Å². The van der Waals surface area contributed by atoms with Gasteiger partial charge in [-0.3, -0.25) is 4.79 Å². The van der Waals surface area contributed by atoms with E-state index >= 15 is 0 Å². The Kier molecular flexibility index (Phi) is 4.14. The minimum absolute atomic E-state index is 0.0293. The smallest absolute Gasteiger partial charge is 0.268 e. The van der Waals surface area contributed by atoms with Gasteiger partial charge in [0.1, 0.15) is 11.5 Å². The van der Waals surface area contributed by atoms with Gasteiger partial charge in [-0.1, -0.05) is 15.9 Å².